The first-order chi connectivity index (χ1) is 15.4. The SMILES string of the molecule is CC(CNC(=O)C1CCCN(S(=O)(=O)c2cccs2)C1)(c1ccccc1)c1ccccc1. The lowest BCUT2D eigenvalue weighted by Crippen LogP contribution is -2.47. The van der Waals surface area contributed by atoms with E-state index in [-0.39, 0.29) is 18.4 Å². The number of nitrogens with zero attached hydrogens (tertiary/aromatic N) is 1. The zero-order valence-corrected chi connectivity index (χ0v) is 19.7. The van der Waals surface area contributed by atoms with Crippen molar-refractivity contribution >= 4 is 27.3 Å². The van der Waals surface area contributed by atoms with Gasteiger partial charge in [-0.3, -0.25) is 4.79 Å². The molecule has 1 aliphatic rings. The molecule has 1 amide bonds. The van der Waals surface area contributed by atoms with Gasteiger partial charge in [0.1, 0.15) is 4.21 Å². The molecule has 0 aliphatic carbocycles. The van der Waals surface area contributed by atoms with Crippen LogP contribution in [0.5, 0.6) is 0 Å². The molecule has 0 saturated carbocycles. The van der Waals surface area contributed by atoms with Gasteiger partial charge in [-0.2, -0.15) is 4.31 Å². The summed E-state index contributed by atoms with van der Waals surface area (Å²) in [5.41, 5.74) is 1.85. The van der Waals surface area contributed by atoms with E-state index in [0.29, 0.717) is 30.1 Å². The number of carbonyl (C=O) groups is 1. The van der Waals surface area contributed by atoms with Crippen molar-refractivity contribution in [3.63, 3.8) is 0 Å². The standard InChI is InChI=1S/C25H28N2O3S2/c1-25(21-11-4-2-5-12-21,22-13-6-3-7-14-22)19-26-24(28)20-10-8-16-27(18-20)32(29,30)23-15-9-17-31-23/h2-7,9,11-15,17,20H,8,10,16,18-19H2,1H3,(H,26,28). The van der Waals surface area contributed by atoms with Crippen LogP contribution in [0.1, 0.15) is 30.9 Å². The average Bonchev–Trinajstić information content (AvgIpc) is 3.40. The van der Waals surface area contributed by atoms with Crippen molar-refractivity contribution in [2.45, 2.75) is 29.4 Å². The zero-order valence-electron chi connectivity index (χ0n) is 18.1. The van der Waals surface area contributed by atoms with E-state index in [1.807, 2.05) is 36.4 Å². The van der Waals surface area contributed by atoms with Crippen LogP contribution in [0.2, 0.25) is 0 Å². The van der Waals surface area contributed by atoms with Gasteiger partial charge in [0, 0.05) is 25.0 Å². The van der Waals surface area contributed by atoms with Crippen molar-refractivity contribution in [2.24, 2.45) is 5.92 Å². The highest BCUT2D eigenvalue weighted by Crippen LogP contribution is 2.32. The largest absolute Gasteiger partial charge is 0.355 e. The molecule has 0 spiro atoms. The van der Waals surface area contributed by atoms with E-state index < -0.39 is 15.4 Å². The summed E-state index contributed by atoms with van der Waals surface area (Å²) in [6, 6.07) is 23.7. The predicted octanol–water partition coefficient (Wildman–Crippen LogP) is 4.27. The summed E-state index contributed by atoms with van der Waals surface area (Å²) in [5.74, 6) is -0.441. The minimum Gasteiger partial charge on any atom is -0.355 e. The summed E-state index contributed by atoms with van der Waals surface area (Å²) in [4.78, 5) is 13.1. The molecule has 32 heavy (non-hydrogen) atoms. The Balaban J connectivity index is 1.49. The molecule has 1 N–H and O–H groups in total. The first kappa shape index (κ1) is 22.7. The smallest absolute Gasteiger partial charge is 0.252 e. The number of sulfonamides is 1. The number of nitrogens with one attached hydrogen (secondary N) is 1. The molecule has 3 aromatic rings. The van der Waals surface area contributed by atoms with Crippen LogP contribution < -0.4 is 5.32 Å². The van der Waals surface area contributed by atoms with E-state index in [4.69, 9.17) is 0 Å². The summed E-state index contributed by atoms with van der Waals surface area (Å²) < 4.78 is 27.6. The zero-order chi connectivity index (χ0) is 22.6. The molecule has 1 saturated heterocycles. The Kier molecular flexibility index (Phi) is 6.79. The summed E-state index contributed by atoms with van der Waals surface area (Å²) in [5, 5.41) is 4.90. The van der Waals surface area contributed by atoms with Gasteiger partial charge in [-0.05, 0) is 42.3 Å². The van der Waals surface area contributed by atoms with Crippen LogP contribution in [-0.4, -0.2) is 38.3 Å². The number of hydrogen-bond donors (Lipinski definition) is 1. The van der Waals surface area contributed by atoms with Gasteiger partial charge in [-0.1, -0.05) is 66.7 Å². The molecule has 2 heterocycles. The highest BCUT2D eigenvalue weighted by atomic mass is 32.2. The Morgan fingerprint density at radius 2 is 1.66 bits per heavy atom. The molecule has 1 fully saturated rings. The van der Waals surface area contributed by atoms with E-state index in [0.717, 1.165) is 11.1 Å². The van der Waals surface area contributed by atoms with Gasteiger partial charge in [0.15, 0.2) is 0 Å². The Labute approximate surface area is 194 Å². The number of benzene rings is 2. The molecule has 4 rings (SSSR count). The summed E-state index contributed by atoms with van der Waals surface area (Å²) in [6.07, 6.45) is 1.37. The Hall–Kier alpha value is -2.48. The van der Waals surface area contributed by atoms with Crippen LogP contribution in [0.15, 0.2) is 82.4 Å². The van der Waals surface area contributed by atoms with Crippen molar-refractivity contribution in [3.05, 3.63) is 89.3 Å². The molecule has 2 aromatic carbocycles. The average molecular weight is 469 g/mol. The maximum atomic E-state index is 13.1. The molecule has 0 bridgehead atoms. The third-order valence-electron chi connectivity index (χ3n) is 6.28. The number of thiophene rings is 1. The molecule has 0 radical (unpaired) electrons. The van der Waals surface area contributed by atoms with Crippen molar-refractivity contribution in [2.75, 3.05) is 19.6 Å². The minimum atomic E-state index is -3.54. The predicted molar refractivity (Wildman–Crippen MR) is 128 cm³/mol. The second kappa shape index (κ2) is 9.57. The van der Waals surface area contributed by atoms with E-state index in [1.165, 1.54) is 15.6 Å². The number of hydrogen-bond acceptors (Lipinski definition) is 4. The Bertz CT molecular complexity index is 1090. The number of piperidine rings is 1. The molecular formula is C25H28N2O3S2. The van der Waals surface area contributed by atoms with E-state index in [9.17, 15) is 13.2 Å². The van der Waals surface area contributed by atoms with Gasteiger partial charge in [0.05, 0.1) is 5.92 Å². The first-order valence-corrected chi connectivity index (χ1v) is 13.2. The van der Waals surface area contributed by atoms with Crippen molar-refractivity contribution in [1.29, 1.82) is 0 Å². The molecule has 168 valence electrons. The summed E-state index contributed by atoms with van der Waals surface area (Å²) in [6.45, 7) is 3.25. The van der Waals surface area contributed by atoms with E-state index in [2.05, 4.69) is 36.5 Å². The third-order valence-corrected chi connectivity index (χ3v) is 9.52. The Morgan fingerprint density at radius 1 is 1.03 bits per heavy atom. The molecular weight excluding hydrogens is 440 g/mol. The van der Waals surface area contributed by atoms with Gasteiger partial charge < -0.3 is 5.32 Å². The molecule has 1 aliphatic heterocycles. The second-order valence-corrected chi connectivity index (χ2v) is 11.5. The van der Waals surface area contributed by atoms with Gasteiger partial charge in [0.25, 0.3) is 10.0 Å². The summed E-state index contributed by atoms with van der Waals surface area (Å²) in [7, 11) is -3.54. The molecule has 1 aromatic heterocycles. The number of rotatable bonds is 7. The highest BCUT2D eigenvalue weighted by molar-refractivity contribution is 7.91. The molecule has 7 heteroatoms. The van der Waals surface area contributed by atoms with Gasteiger partial charge >= 0.3 is 0 Å². The lowest BCUT2D eigenvalue weighted by Gasteiger charge is -2.34. The van der Waals surface area contributed by atoms with E-state index >= 15 is 0 Å². The molecule has 1 atom stereocenters. The van der Waals surface area contributed by atoms with Gasteiger partial charge in [0.2, 0.25) is 5.91 Å². The van der Waals surface area contributed by atoms with Crippen LogP contribution in [0, 0.1) is 5.92 Å². The third kappa shape index (κ3) is 4.65. The highest BCUT2D eigenvalue weighted by Gasteiger charge is 2.35. The Morgan fingerprint density at radius 3 is 2.22 bits per heavy atom. The molecule has 5 nitrogen and oxygen atoms in total. The fraction of sp³-hybridized carbons (Fsp3) is 0.320. The van der Waals surface area contributed by atoms with Crippen LogP contribution in [-0.2, 0) is 20.2 Å². The van der Waals surface area contributed by atoms with Crippen LogP contribution >= 0.6 is 11.3 Å². The minimum absolute atomic E-state index is 0.0887. The lowest BCUT2D eigenvalue weighted by atomic mass is 9.76. The number of carbonyl (C=O) groups excluding carboxylic acids is 1. The summed E-state index contributed by atoms with van der Waals surface area (Å²) >= 11 is 1.21. The van der Waals surface area contributed by atoms with Gasteiger partial charge in [-0.15, -0.1) is 11.3 Å². The maximum Gasteiger partial charge on any atom is 0.252 e. The van der Waals surface area contributed by atoms with Crippen molar-refractivity contribution in [1.82, 2.24) is 9.62 Å². The van der Waals surface area contributed by atoms with Crippen LogP contribution in [0.4, 0.5) is 0 Å². The monoisotopic (exact) mass is 468 g/mol. The first-order valence-electron chi connectivity index (χ1n) is 10.8. The van der Waals surface area contributed by atoms with Gasteiger partial charge in [-0.25, -0.2) is 8.42 Å². The van der Waals surface area contributed by atoms with Crippen LogP contribution in [0.25, 0.3) is 0 Å². The van der Waals surface area contributed by atoms with E-state index in [1.54, 1.807) is 17.5 Å². The normalized spacial score (nSPS) is 17.7. The van der Waals surface area contributed by atoms with Crippen molar-refractivity contribution < 1.29 is 13.2 Å². The topological polar surface area (TPSA) is 66.5 Å². The second-order valence-electron chi connectivity index (χ2n) is 8.42. The van der Waals surface area contributed by atoms with Crippen molar-refractivity contribution in [3.8, 4) is 0 Å². The quantitative estimate of drug-likeness (QED) is 0.563. The van der Waals surface area contributed by atoms with Crippen LogP contribution in [0.3, 0.4) is 0 Å². The maximum absolute atomic E-state index is 13.1. The molecule has 1 unspecified atom stereocenters. The fourth-order valence-corrected chi connectivity index (χ4v) is 6.97. The fourth-order valence-electron chi connectivity index (χ4n) is 4.30. The lowest BCUT2D eigenvalue weighted by molar-refractivity contribution is -0.126. The number of amides is 1.